The van der Waals surface area contributed by atoms with Crippen molar-refractivity contribution in [2.45, 2.75) is 11.8 Å². The largest absolute Gasteiger partial charge is 0.380 e. The van der Waals surface area contributed by atoms with Gasteiger partial charge in [-0.15, -0.1) is 0 Å². The molecule has 1 rings (SSSR count). The molecule has 8 heteroatoms. The van der Waals surface area contributed by atoms with Crippen molar-refractivity contribution in [2.75, 3.05) is 19.8 Å². The Morgan fingerprint density at radius 3 is 2.74 bits per heavy atom. The van der Waals surface area contributed by atoms with Gasteiger partial charge < -0.3 is 10.1 Å². The molecule has 0 aliphatic carbocycles. The highest BCUT2D eigenvalue weighted by Gasteiger charge is 2.16. The minimum absolute atomic E-state index is 0.200. The molecule has 3 N–H and O–H groups in total. The standard InChI is InChI=1S/C11H15FN2O4S/c1-2-18-6-5-14-11(15)9-7-8(19(13,16)17)3-4-10(9)12/h3-4,7H,2,5-6H2,1H3,(H,14,15)(H2,13,16,17). The summed E-state index contributed by atoms with van der Waals surface area (Å²) in [6, 6.07) is 2.79. The first-order chi connectivity index (χ1) is 8.86. The zero-order valence-electron chi connectivity index (χ0n) is 10.3. The second-order valence-electron chi connectivity index (χ2n) is 3.64. The summed E-state index contributed by atoms with van der Waals surface area (Å²) < 4.78 is 40.7. The molecule has 0 aliphatic heterocycles. The molecule has 0 heterocycles. The van der Waals surface area contributed by atoms with Gasteiger partial charge in [-0.25, -0.2) is 17.9 Å². The molecular weight excluding hydrogens is 275 g/mol. The summed E-state index contributed by atoms with van der Waals surface area (Å²) in [7, 11) is -3.98. The first-order valence-electron chi connectivity index (χ1n) is 5.54. The SMILES string of the molecule is CCOCCNC(=O)c1cc(S(N)(=O)=O)ccc1F. The number of carbonyl (C=O) groups excluding carboxylic acids is 1. The van der Waals surface area contributed by atoms with Crippen molar-refractivity contribution >= 4 is 15.9 Å². The van der Waals surface area contributed by atoms with Crippen molar-refractivity contribution in [1.29, 1.82) is 0 Å². The lowest BCUT2D eigenvalue weighted by Gasteiger charge is -2.07. The fourth-order valence-corrected chi connectivity index (χ4v) is 1.87. The Bertz CT molecular complexity index is 560. The predicted molar refractivity (Wildman–Crippen MR) is 66.6 cm³/mol. The van der Waals surface area contributed by atoms with E-state index >= 15 is 0 Å². The summed E-state index contributed by atoms with van der Waals surface area (Å²) in [5, 5.41) is 7.33. The maximum atomic E-state index is 13.5. The van der Waals surface area contributed by atoms with Gasteiger partial charge in [0.15, 0.2) is 0 Å². The molecule has 106 valence electrons. The first-order valence-corrected chi connectivity index (χ1v) is 7.09. The number of hydrogen-bond acceptors (Lipinski definition) is 4. The van der Waals surface area contributed by atoms with E-state index in [2.05, 4.69) is 5.32 Å². The number of nitrogens with one attached hydrogen (secondary N) is 1. The van der Waals surface area contributed by atoms with Crippen molar-refractivity contribution in [1.82, 2.24) is 5.32 Å². The Balaban J connectivity index is 2.84. The Labute approximate surface area is 110 Å². The van der Waals surface area contributed by atoms with Crippen molar-refractivity contribution in [3.63, 3.8) is 0 Å². The lowest BCUT2D eigenvalue weighted by Crippen LogP contribution is -2.28. The Morgan fingerprint density at radius 2 is 2.16 bits per heavy atom. The van der Waals surface area contributed by atoms with E-state index in [1.165, 1.54) is 0 Å². The van der Waals surface area contributed by atoms with E-state index in [4.69, 9.17) is 9.88 Å². The number of benzene rings is 1. The number of amides is 1. The molecule has 0 spiro atoms. The average molecular weight is 290 g/mol. The molecular formula is C11H15FN2O4S. The molecule has 19 heavy (non-hydrogen) atoms. The Hall–Kier alpha value is -1.51. The number of ether oxygens (including phenoxy) is 1. The molecule has 0 unspecified atom stereocenters. The minimum Gasteiger partial charge on any atom is -0.380 e. The number of halogens is 1. The summed E-state index contributed by atoms with van der Waals surface area (Å²) in [6.45, 7) is 2.80. The molecule has 0 aromatic heterocycles. The highest BCUT2D eigenvalue weighted by molar-refractivity contribution is 7.89. The number of carbonyl (C=O) groups is 1. The van der Waals surface area contributed by atoms with E-state index in [1.807, 2.05) is 0 Å². The van der Waals surface area contributed by atoms with Crippen LogP contribution in [0.1, 0.15) is 17.3 Å². The second kappa shape index (κ2) is 6.60. The fraction of sp³-hybridized carbons (Fsp3) is 0.364. The quantitative estimate of drug-likeness (QED) is 0.733. The van der Waals surface area contributed by atoms with Crippen LogP contribution >= 0.6 is 0 Å². The summed E-state index contributed by atoms with van der Waals surface area (Å²) >= 11 is 0. The highest BCUT2D eigenvalue weighted by Crippen LogP contribution is 2.13. The minimum atomic E-state index is -3.98. The topological polar surface area (TPSA) is 98.5 Å². The van der Waals surface area contributed by atoms with Gasteiger partial charge in [-0.1, -0.05) is 0 Å². The first kappa shape index (κ1) is 15.5. The van der Waals surface area contributed by atoms with Crippen LogP contribution in [0, 0.1) is 5.82 Å². The van der Waals surface area contributed by atoms with E-state index in [9.17, 15) is 17.6 Å². The molecule has 1 aromatic carbocycles. The van der Waals surface area contributed by atoms with Crippen LogP contribution in [0.2, 0.25) is 0 Å². The smallest absolute Gasteiger partial charge is 0.254 e. The van der Waals surface area contributed by atoms with Crippen molar-refractivity contribution < 1.29 is 22.3 Å². The molecule has 0 atom stereocenters. The van der Waals surface area contributed by atoms with Gasteiger partial charge >= 0.3 is 0 Å². The third-order valence-electron chi connectivity index (χ3n) is 2.25. The Kier molecular flexibility index (Phi) is 5.40. The molecule has 6 nitrogen and oxygen atoms in total. The predicted octanol–water partition coefficient (Wildman–Crippen LogP) is 0.239. The van der Waals surface area contributed by atoms with Crippen LogP contribution in [-0.2, 0) is 14.8 Å². The molecule has 0 radical (unpaired) electrons. The highest BCUT2D eigenvalue weighted by atomic mass is 32.2. The lowest BCUT2D eigenvalue weighted by atomic mass is 10.2. The van der Waals surface area contributed by atoms with Crippen LogP contribution in [0.3, 0.4) is 0 Å². The summed E-state index contributed by atoms with van der Waals surface area (Å²) in [5.74, 6) is -1.54. The molecule has 0 fully saturated rings. The molecule has 0 aliphatic rings. The maximum absolute atomic E-state index is 13.5. The Morgan fingerprint density at radius 1 is 1.47 bits per heavy atom. The van der Waals surface area contributed by atoms with Gasteiger partial charge in [0.25, 0.3) is 5.91 Å². The molecule has 0 saturated carbocycles. The van der Waals surface area contributed by atoms with Gasteiger partial charge in [0, 0.05) is 13.2 Å². The second-order valence-corrected chi connectivity index (χ2v) is 5.20. The zero-order chi connectivity index (χ0) is 14.5. The van der Waals surface area contributed by atoms with E-state index in [0.717, 1.165) is 18.2 Å². The van der Waals surface area contributed by atoms with Crippen molar-refractivity contribution in [2.24, 2.45) is 5.14 Å². The van der Waals surface area contributed by atoms with E-state index < -0.39 is 21.7 Å². The number of rotatable bonds is 6. The fourth-order valence-electron chi connectivity index (χ4n) is 1.33. The van der Waals surface area contributed by atoms with Gasteiger partial charge in [0.1, 0.15) is 5.82 Å². The van der Waals surface area contributed by atoms with Gasteiger partial charge in [0.2, 0.25) is 10.0 Å². The number of primary sulfonamides is 1. The zero-order valence-corrected chi connectivity index (χ0v) is 11.2. The van der Waals surface area contributed by atoms with Gasteiger partial charge in [-0.2, -0.15) is 0 Å². The van der Waals surface area contributed by atoms with Gasteiger partial charge in [-0.3, -0.25) is 4.79 Å². The monoisotopic (exact) mass is 290 g/mol. The average Bonchev–Trinajstić information content (AvgIpc) is 2.33. The van der Waals surface area contributed by atoms with Gasteiger partial charge in [0.05, 0.1) is 17.1 Å². The van der Waals surface area contributed by atoms with Crippen molar-refractivity contribution in [3.05, 3.63) is 29.6 Å². The van der Waals surface area contributed by atoms with Crippen LogP contribution in [0.4, 0.5) is 4.39 Å². The molecule has 1 amide bonds. The van der Waals surface area contributed by atoms with Gasteiger partial charge in [-0.05, 0) is 25.1 Å². The number of hydrogen-bond donors (Lipinski definition) is 2. The van der Waals surface area contributed by atoms with Crippen LogP contribution in [0.15, 0.2) is 23.1 Å². The van der Waals surface area contributed by atoms with Crippen LogP contribution < -0.4 is 10.5 Å². The third-order valence-corrected chi connectivity index (χ3v) is 3.16. The van der Waals surface area contributed by atoms with Crippen molar-refractivity contribution in [3.8, 4) is 0 Å². The summed E-state index contributed by atoms with van der Waals surface area (Å²) in [4.78, 5) is 11.3. The van der Waals surface area contributed by atoms with E-state index in [-0.39, 0.29) is 17.0 Å². The normalized spacial score (nSPS) is 11.3. The van der Waals surface area contributed by atoms with Crippen LogP contribution in [0.25, 0.3) is 0 Å². The molecule has 0 bridgehead atoms. The number of sulfonamides is 1. The number of nitrogens with two attached hydrogens (primary N) is 1. The summed E-state index contributed by atoms with van der Waals surface area (Å²) in [6.07, 6.45) is 0. The lowest BCUT2D eigenvalue weighted by molar-refractivity contribution is 0.0918. The molecule has 0 saturated heterocycles. The summed E-state index contributed by atoms with van der Waals surface area (Å²) in [5.41, 5.74) is -0.372. The van der Waals surface area contributed by atoms with E-state index in [0.29, 0.717) is 13.2 Å². The van der Waals surface area contributed by atoms with E-state index in [1.54, 1.807) is 6.92 Å². The third kappa shape index (κ3) is 4.58. The van der Waals surface area contributed by atoms with Crippen LogP contribution in [0.5, 0.6) is 0 Å². The van der Waals surface area contributed by atoms with Crippen LogP contribution in [-0.4, -0.2) is 34.1 Å². The maximum Gasteiger partial charge on any atom is 0.254 e. The molecule has 1 aromatic rings.